The maximum atomic E-state index is 12.9. The summed E-state index contributed by atoms with van der Waals surface area (Å²) in [6, 6.07) is 0. The molecule has 0 aliphatic rings. The Morgan fingerprint density at radius 1 is 1.69 bits per heavy atom. The highest BCUT2D eigenvalue weighted by Gasteiger charge is 2.12. The summed E-state index contributed by atoms with van der Waals surface area (Å²) in [7, 11) is 1.80. The molecule has 0 fully saturated rings. The molecule has 70 valence electrons. The van der Waals surface area contributed by atoms with Crippen LogP contribution in [0.2, 0.25) is 0 Å². The average molecular weight is 245 g/mol. The molecule has 0 saturated carbocycles. The molecule has 13 heavy (non-hydrogen) atoms. The fourth-order valence-corrected chi connectivity index (χ4v) is 1.40. The van der Waals surface area contributed by atoms with Crippen molar-refractivity contribution in [3.63, 3.8) is 0 Å². The highest BCUT2D eigenvalue weighted by atomic mass is 79.9. The molecule has 4 heteroatoms. The van der Waals surface area contributed by atoms with Gasteiger partial charge in [0.1, 0.15) is 11.5 Å². The van der Waals surface area contributed by atoms with Crippen LogP contribution in [0.25, 0.3) is 11.9 Å². The van der Waals surface area contributed by atoms with Crippen molar-refractivity contribution in [3.8, 4) is 0 Å². The van der Waals surface area contributed by atoms with E-state index in [1.54, 1.807) is 17.7 Å². The SMILES string of the molecule is C=C(F)c1nc(Br)n(C)c1/C=C\C. The number of halogens is 2. The number of allylic oxidation sites excluding steroid dienone is 1. The molecule has 0 aliphatic heterocycles. The Labute approximate surface area is 84.9 Å². The Kier molecular flexibility index (Phi) is 3.03. The van der Waals surface area contributed by atoms with Crippen molar-refractivity contribution in [2.24, 2.45) is 7.05 Å². The summed E-state index contributed by atoms with van der Waals surface area (Å²) in [5.41, 5.74) is 0.995. The molecular weight excluding hydrogens is 235 g/mol. The van der Waals surface area contributed by atoms with E-state index in [1.165, 1.54) is 0 Å². The average Bonchev–Trinajstić information content (AvgIpc) is 2.33. The minimum absolute atomic E-state index is 0.285. The molecule has 0 aliphatic carbocycles. The molecule has 0 saturated heterocycles. The van der Waals surface area contributed by atoms with Gasteiger partial charge in [-0.1, -0.05) is 12.7 Å². The van der Waals surface area contributed by atoms with Crippen LogP contribution in [0.15, 0.2) is 17.4 Å². The molecule has 0 aromatic carbocycles. The summed E-state index contributed by atoms with van der Waals surface area (Å²) in [6.45, 7) is 5.09. The van der Waals surface area contributed by atoms with Crippen molar-refractivity contribution in [1.82, 2.24) is 9.55 Å². The van der Waals surface area contributed by atoms with E-state index in [9.17, 15) is 4.39 Å². The Bertz CT molecular complexity index is 366. The molecule has 0 spiro atoms. The van der Waals surface area contributed by atoms with Crippen molar-refractivity contribution in [2.45, 2.75) is 6.92 Å². The lowest BCUT2D eigenvalue weighted by molar-refractivity contribution is 0.756. The van der Waals surface area contributed by atoms with Crippen molar-refractivity contribution in [3.05, 3.63) is 28.8 Å². The standard InChI is InChI=1S/C9H10BrFN2/c1-4-5-7-8(6(2)11)12-9(10)13(7)3/h4-5H,2H2,1,3H3/b5-4-. The molecule has 0 radical (unpaired) electrons. The molecular formula is C9H10BrFN2. The Balaban J connectivity index is 3.35. The summed E-state index contributed by atoms with van der Waals surface area (Å²) >= 11 is 3.22. The second-order valence-corrected chi connectivity index (χ2v) is 3.29. The predicted molar refractivity (Wildman–Crippen MR) is 55.8 cm³/mol. The monoisotopic (exact) mass is 244 g/mol. The number of nitrogens with zero attached hydrogens (tertiary/aromatic N) is 2. The van der Waals surface area contributed by atoms with Gasteiger partial charge in [0.2, 0.25) is 0 Å². The van der Waals surface area contributed by atoms with Gasteiger partial charge in [-0.05, 0) is 28.9 Å². The van der Waals surface area contributed by atoms with Crippen LogP contribution in [0.4, 0.5) is 4.39 Å². The number of hydrogen-bond acceptors (Lipinski definition) is 1. The quantitative estimate of drug-likeness (QED) is 0.782. The first-order chi connectivity index (χ1) is 6.07. The first-order valence-corrected chi connectivity index (χ1v) is 4.57. The van der Waals surface area contributed by atoms with Gasteiger partial charge in [-0.25, -0.2) is 9.37 Å². The van der Waals surface area contributed by atoms with Gasteiger partial charge in [0.15, 0.2) is 4.73 Å². The highest BCUT2D eigenvalue weighted by molar-refractivity contribution is 9.10. The molecule has 1 rings (SSSR count). The number of aromatic nitrogens is 2. The van der Waals surface area contributed by atoms with Crippen molar-refractivity contribution in [2.75, 3.05) is 0 Å². The first kappa shape index (κ1) is 10.2. The predicted octanol–water partition coefficient (Wildman–Crippen LogP) is 3.16. The van der Waals surface area contributed by atoms with Crippen LogP contribution in [-0.4, -0.2) is 9.55 Å². The first-order valence-electron chi connectivity index (χ1n) is 3.77. The van der Waals surface area contributed by atoms with Crippen molar-refractivity contribution >= 4 is 27.8 Å². The lowest BCUT2D eigenvalue weighted by atomic mass is 10.3. The lowest BCUT2D eigenvalue weighted by Gasteiger charge is -1.97. The topological polar surface area (TPSA) is 17.8 Å². The zero-order valence-electron chi connectivity index (χ0n) is 7.51. The van der Waals surface area contributed by atoms with Crippen LogP contribution in [-0.2, 0) is 7.05 Å². The molecule has 0 N–H and O–H groups in total. The maximum Gasteiger partial charge on any atom is 0.177 e. The zero-order chi connectivity index (χ0) is 10.0. The summed E-state index contributed by atoms with van der Waals surface area (Å²) in [6.07, 6.45) is 3.62. The summed E-state index contributed by atoms with van der Waals surface area (Å²) in [5, 5.41) is 0. The normalized spacial score (nSPS) is 11.1. The zero-order valence-corrected chi connectivity index (χ0v) is 9.10. The van der Waals surface area contributed by atoms with E-state index < -0.39 is 5.83 Å². The second kappa shape index (κ2) is 3.87. The summed E-state index contributed by atoms with van der Waals surface area (Å²) in [4.78, 5) is 3.98. The van der Waals surface area contributed by atoms with Gasteiger partial charge in [-0.15, -0.1) is 0 Å². The molecule has 1 aromatic rings. The van der Waals surface area contributed by atoms with Gasteiger partial charge in [0.25, 0.3) is 0 Å². The van der Waals surface area contributed by atoms with Gasteiger partial charge in [-0.2, -0.15) is 0 Å². The van der Waals surface area contributed by atoms with E-state index in [-0.39, 0.29) is 5.69 Å². The Morgan fingerprint density at radius 2 is 2.31 bits per heavy atom. The molecule has 1 heterocycles. The number of hydrogen-bond donors (Lipinski definition) is 0. The van der Waals surface area contributed by atoms with Gasteiger partial charge < -0.3 is 4.57 Å². The number of rotatable bonds is 2. The van der Waals surface area contributed by atoms with Crippen LogP contribution in [0.5, 0.6) is 0 Å². The second-order valence-electron chi connectivity index (χ2n) is 2.58. The van der Waals surface area contributed by atoms with Gasteiger partial charge >= 0.3 is 0 Å². The molecule has 0 atom stereocenters. The number of imidazole rings is 1. The van der Waals surface area contributed by atoms with Crippen LogP contribution in [0.3, 0.4) is 0 Å². The third kappa shape index (κ3) is 1.88. The molecule has 2 nitrogen and oxygen atoms in total. The summed E-state index contributed by atoms with van der Waals surface area (Å²) < 4.78 is 15.2. The van der Waals surface area contributed by atoms with E-state index >= 15 is 0 Å². The Hall–Kier alpha value is -0.900. The highest BCUT2D eigenvalue weighted by Crippen LogP contribution is 2.22. The third-order valence-corrected chi connectivity index (χ3v) is 2.38. The fourth-order valence-electron chi connectivity index (χ4n) is 1.03. The van der Waals surface area contributed by atoms with Crippen molar-refractivity contribution in [1.29, 1.82) is 0 Å². The summed E-state index contributed by atoms with van der Waals surface area (Å²) in [5.74, 6) is -0.519. The van der Waals surface area contributed by atoms with Crippen LogP contribution < -0.4 is 0 Å². The largest absolute Gasteiger partial charge is 0.322 e. The molecule has 1 aromatic heterocycles. The van der Waals surface area contributed by atoms with Crippen LogP contribution in [0, 0.1) is 0 Å². The van der Waals surface area contributed by atoms with Crippen LogP contribution >= 0.6 is 15.9 Å². The Morgan fingerprint density at radius 3 is 2.77 bits per heavy atom. The molecule has 0 bridgehead atoms. The minimum atomic E-state index is -0.519. The van der Waals surface area contributed by atoms with E-state index in [1.807, 2.05) is 13.0 Å². The van der Waals surface area contributed by atoms with E-state index in [4.69, 9.17) is 0 Å². The van der Waals surface area contributed by atoms with E-state index in [2.05, 4.69) is 27.5 Å². The minimum Gasteiger partial charge on any atom is -0.322 e. The van der Waals surface area contributed by atoms with E-state index in [0.717, 1.165) is 0 Å². The fraction of sp³-hybridized carbons (Fsp3) is 0.222. The molecule has 0 amide bonds. The van der Waals surface area contributed by atoms with Gasteiger partial charge in [0, 0.05) is 7.05 Å². The van der Waals surface area contributed by atoms with Crippen LogP contribution in [0.1, 0.15) is 18.3 Å². The smallest absolute Gasteiger partial charge is 0.177 e. The molecule has 0 unspecified atom stereocenters. The van der Waals surface area contributed by atoms with Crippen molar-refractivity contribution < 1.29 is 4.39 Å². The van der Waals surface area contributed by atoms with Gasteiger partial charge in [-0.3, -0.25) is 0 Å². The van der Waals surface area contributed by atoms with Gasteiger partial charge in [0.05, 0.1) is 5.69 Å². The van der Waals surface area contributed by atoms with E-state index in [0.29, 0.717) is 10.4 Å². The third-order valence-electron chi connectivity index (χ3n) is 1.67. The lowest BCUT2D eigenvalue weighted by Crippen LogP contribution is -1.91. The maximum absolute atomic E-state index is 12.9.